The Kier molecular flexibility index (Phi) is 3.92. The van der Waals surface area contributed by atoms with E-state index in [0.717, 1.165) is 12.8 Å². The molecule has 0 aromatic heterocycles. The lowest BCUT2D eigenvalue weighted by atomic mass is 9.99. The summed E-state index contributed by atoms with van der Waals surface area (Å²) in [7, 11) is 1.58. The van der Waals surface area contributed by atoms with Crippen LogP contribution in [0, 0.1) is 0 Å². The number of carbonyl (C=O) groups excluding carboxylic acids is 2. The smallest absolute Gasteiger partial charge is 0.251 e. The van der Waals surface area contributed by atoms with Crippen LogP contribution in [0.1, 0.15) is 46.4 Å². The van der Waals surface area contributed by atoms with Crippen LogP contribution in [0.15, 0.2) is 24.3 Å². The third-order valence-corrected chi connectivity index (χ3v) is 4.42. The standard InChI is InChI=1S/C16H21N3O2/c1-17-15(20)10-3-2-4-11(7-10)16(21)19-14-8-12-5-6-13(9-14)18-12/h2-4,7,12-14,18H,5-6,8-9H2,1H3,(H,17,20)(H,19,21). The molecule has 2 unspecified atom stereocenters. The number of hydrogen-bond acceptors (Lipinski definition) is 3. The molecule has 2 bridgehead atoms. The van der Waals surface area contributed by atoms with Gasteiger partial charge < -0.3 is 16.0 Å². The highest BCUT2D eigenvalue weighted by atomic mass is 16.2. The second-order valence-corrected chi connectivity index (χ2v) is 5.94. The van der Waals surface area contributed by atoms with E-state index in [1.807, 2.05) is 0 Å². The Bertz CT molecular complexity index is 546. The number of piperidine rings is 1. The van der Waals surface area contributed by atoms with Crippen LogP contribution in [0.3, 0.4) is 0 Å². The van der Waals surface area contributed by atoms with Gasteiger partial charge in [-0.25, -0.2) is 0 Å². The van der Waals surface area contributed by atoms with Gasteiger partial charge in [0.05, 0.1) is 0 Å². The fraction of sp³-hybridized carbons (Fsp3) is 0.500. The lowest BCUT2D eigenvalue weighted by molar-refractivity contribution is 0.0924. The van der Waals surface area contributed by atoms with Gasteiger partial charge in [0, 0.05) is 36.3 Å². The zero-order chi connectivity index (χ0) is 14.8. The Morgan fingerprint density at radius 3 is 2.33 bits per heavy atom. The second kappa shape index (κ2) is 5.85. The van der Waals surface area contributed by atoms with Crippen LogP contribution in [0.25, 0.3) is 0 Å². The largest absolute Gasteiger partial charge is 0.355 e. The first-order valence-electron chi connectivity index (χ1n) is 7.55. The molecule has 2 aliphatic rings. The highest BCUT2D eigenvalue weighted by Crippen LogP contribution is 2.26. The monoisotopic (exact) mass is 287 g/mol. The van der Waals surface area contributed by atoms with Crippen molar-refractivity contribution in [3.8, 4) is 0 Å². The molecule has 3 rings (SSSR count). The summed E-state index contributed by atoms with van der Waals surface area (Å²) in [5, 5.41) is 9.24. The third kappa shape index (κ3) is 3.08. The number of carbonyl (C=O) groups is 2. The number of hydrogen-bond donors (Lipinski definition) is 3. The molecule has 0 radical (unpaired) electrons. The summed E-state index contributed by atoms with van der Waals surface area (Å²) in [6.07, 6.45) is 4.42. The first kappa shape index (κ1) is 14.1. The first-order valence-corrected chi connectivity index (χ1v) is 7.55. The van der Waals surface area contributed by atoms with Crippen molar-refractivity contribution < 1.29 is 9.59 Å². The predicted molar refractivity (Wildman–Crippen MR) is 80.3 cm³/mol. The van der Waals surface area contributed by atoms with E-state index in [0.29, 0.717) is 23.2 Å². The molecular formula is C16H21N3O2. The van der Waals surface area contributed by atoms with E-state index >= 15 is 0 Å². The summed E-state index contributed by atoms with van der Waals surface area (Å²) in [6.45, 7) is 0. The van der Waals surface area contributed by atoms with Crippen LogP contribution in [0.5, 0.6) is 0 Å². The second-order valence-electron chi connectivity index (χ2n) is 5.94. The van der Waals surface area contributed by atoms with Crippen molar-refractivity contribution in [3.63, 3.8) is 0 Å². The van der Waals surface area contributed by atoms with Gasteiger partial charge in [-0.1, -0.05) is 6.07 Å². The number of amides is 2. The molecule has 2 fully saturated rings. The van der Waals surface area contributed by atoms with Crippen molar-refractivity contribution in [2.75, 3.05) is 7.05 Å². The van der Waals surface area contributed by atoms with Gasteiger partial charge in [0.1, 0.15) is 0 Å². The minimum atomic E-state index is -0.176. The molecule has 5 heteroatoms. The van der Waals surface area contributed by atoms with Crippen molar-refractivity contribution >= 4 is 11.8 Å². The van der Waals surface area contributed by atoms with E-state index < -0.39 is 0 Å². The van der Waals surface area contributed by atoms with Crippen molar-refractivity contribution in [2.45, 2.75) is 43.8 Å². The van der Waals surface area contributed by atoms with Crippen LogP contribution in [0.4, 0.5) is 0 Å². The topological polar surface area (TPSA) is 70.2 Å². The Morgan fingerprint density at radius 2 is 1.71 bits per heavy atom. The minimum absolute atomic E-state index is 0.0907. The van der Waals surface area contributed by atoms with Gasteiger partial charge >= 0.3 is 0 Å². The highest BCUT2D eigenvalue weighted by molar-refractivity contribution is 5.99. The quantitative estimate of drug-likeness (QED) is 0.778. The van der Waals surface area contributed by atoms with Gasteiger partial charge in [-0.2, -0.15) is 0 Å². The fourth-order valence-electron chi connectivity index (χ4n) is 3.39. The number of rotatable bonds is 3. The van der Waals surface area contributed by atoms with Crippen molar-refractivity contribution in [1.82, 2.24) is 16.0 Å². The van der Waals surface area contributed by atoms with Crippen LogP contribution in [-0.2, 0) is 0 Å². The average molecular weight is 287 g/mol. The Hall–Kier alpha value is -1.88. The summed E-state index contributed by atoms with van der Waals surface area (Å²) < 4.78 is 0. The third-order valence-electron chi connectivity index (χ3n) is 4.42. The number of fused-ring (bicyclic) bond motifs is 2. The van der Waals surface area contributed by atoms with E-state index in [1.165, 1.54) is 12.8 Å². The van der Waals surface area contributed by atoms with Gasteiger partial charge in [0.25, 0.3) is 11.8 Å². The normalized spacial score (nSPS) is 27.2. The molecule has 2 amide bonds. The summed E-state index contributed by atoms with van der Waals surface area (Å²) in [6, 6.07) is 8.17. The molecule has 2 atom stereocenters. The summed E-state index contributed by atoms with van der Waals surface area (Å²) >= 11 is 0. The molecule has 0 spiro atoms. The number of nitrogens with one attached hydrogen (secondary N) is 3. The van der Waals surface area contributed by atoms with E-state index in [-0.39, 0.29) is 17.9 Å². The Morgan fingerprint density at radius 1 is 1.10 bits per heavy atom. The maximum atomic E-state index is 12.3. The zero-order valence-electron chi connectivity index (χ0n) is 12.2. The minimum Gasteiger partial charge on any atom is -0.355 e. The summed E-state index contributed by atoms with van der Waals surface area (Å²) in [4.78, 5) is 24.0. The maximum absolute atomic E-state index is 12.3. The molecule has 1 aromatic carbocycles. The predicted octanol–water partition coefficient (Wildman–Crippen LogP) is 1.06. The Balaban J connectivity index is 1.66. The lowest BCUT2D eigenvalue weighted by Crippen LogP contribution is -2.48. The van der Waals surface area contributed by atoms with Crippen LogP contribution in [0.2, 0.25) is 0 Å². The number of benzene rings is 1. The molecule has 2 aliphatic heterocycles. The molecule has 0 aliphatic carbocycles. The fourth-order valence-corrected chi connectivity index (χ4v) is 3.39. The lowest BCUT2D eigenvalue weighted by Gasteiger charge is -2.29. The molecule has 2 heterocycles. The SMILES string of the molecule is CNC(=O)c1cccc(C(=O)NC2CC3CCC(C2)N3)c1. The van der Waals surface area contributed by atoms with Gasteiger partial charge in [-0.3, -0.25) is 9.59 Å². The van der Waals surface area contributed by atoms with E-state index in [1.54, 1.807) is 31.3 Å². The molecule has 3 N–H and O–H groups in total. The first-order chi connectivity index (χ1) is 10.2. The molecule has 112 valence electrons. The molecular weight excluding hydrogens is 266 g/mol. The van der Waals surface area contributed by atoms with Crippen LogP contribution >= 0.6 is 0 Å². The maximum Gasteiger partial charge on any atom is 0.251 e. The summed E-state index contributed by atoms with van der Waals surface area (Å²) in [5.74, 6) is -0.267. The van der Waals surface area contributed by atoms with E-state index in [9.17, 15) is 9.59 Å². The average Bonchev–Trinajstić information content (AvgIpc) is 2.85. The van der Waals surface area contributed by atoms with Crippen LogP contribution in [-0.4, -0.2) is 37.0 Å². The van der Waals surface area contributed by atoms with Gasteiger partial charge in [0.2, 0.25) is 0 Å². The molecule has 21 heavy (non-hydrogen) atoms. The van der Waals surface area contributed by atoms with Gasteiger partial charge in [-0.05, 0) is 43.9 Å². The van der Waals surface area contributed by atoms with Crippen LogP contribution < -0.4 is 16.0 Å². The van der Waals surface area contributed by atoms with E-state index in [4.69, 9.17) is 0 Å². The van der Waals surface area contributed by atoms with Crippen molar-refractivity contribution in [2.24, 2.45) is 0 Å². The van der Waals surface area contributed by atoms with Crippen molar-refractivity contribution in [3.05, 3.63) is 35.4 Å². The molecule has 2 saturated heterocycles. The van der Waals surface area contributed by atoms with E-state index in [2.05, 4.69) is 16.0 Å². The Labute approximate surface area is 124 Å². The summed E-state index contributed by atoms with van der Waals surface area (Å²) in [5.41, 5.74) is 1.05. The molecule has 0 saturated carbocycles. The van der Waals surface area contributed by atoms with Gasteiger partial charge in [-0.15, -0.1) is 0 Å². The van der Waals surface area contributed by atoms with Crippen molar-refractivity contribution in [1.29, 1.82) is 0 Å². The molecule has 1 aromatic rings. The highest BCUT2D eigenvalue weighted by Gasteiger charge is 2.34. The molecule has 5 nitrogen and oxygen atoms in total. The van der Waals surface area contributed by atoms with Gasteiger partial charge in [0.15, 0.2) is 0 Å². The zero-order valence-corrected chi connectivity index (χ0v) is 12.2.